The van der Waals surface area contributed by atoms with Gasteiger partial charge in [0.15, 0.2) is 5.82 Å². The van der Waals surface area contributed by atoms with Crippen molar-refractivity contribution in [1.82, 2.24) is 14.9 Å². The minimum atomic E-state index is 0.817. The molecule has 28 heavy (non-hydrogen) atoms. The molecule has 0 radical (unpaired) electrons. The van der Waals surface area contributed by atoms with Crippen LogP contribution in [-0.4, -0.2) is 14.9 Å². The molecule has 136 valence electrons. The van der Waals surface area contributed by atoms with Gasteiger partial charge in [-0.15, -0.1) is 10.2 Å². The Bertz CT molecular complexity index is 1160. The third-order valence-corrected chi connectivity index (χ3v) is 5.56. The molecule has 0 amide bonds. The van der Waals surface area contributed by atoms with E-state index in [9.17, 15) is 0 Å². The van der Waals surface area contributed by atoms with Crippen LogP contribution in [0, 0.1) is 6.92 Å². The van der Waals surface area contributed by atoms with Gasteiger partial charge < -0.3 is 0 Å². The van der Waals surface area contributed by atoms with Gasteiger partial charge in [0, 0.05) is 11.0 Å². The number of hydrogen-bond acceptors (Lipinski definition) is 4. The molecule has 0 bridgehead atoms. The number of thioether (sulfide) groups is 1. The van der Waals surface area contributed by atoms with Gasteiger partial charge >= 0.3 is 0 Å². The first-order chi connectivity index (χ1) is 13.8. The minimum Gasteiger partial charge on any atom is -0.289 e. The van der Waals surface area contributed by atoms with Crippen molar-refractivity contribution < 1.29 is 0 Å². The highest BCUT2D eigenvalue weighted by Crippen LogP contribution is 2.32. The van der Waals surface area contributed by atoms with E-state index in [1.54, 1.807) is 11.8 Å². The Morgan fingerprint density at radius 2 is 1.46 bits per heavy atom. The Morgan fingerprint density at radius 3 is 2.25 bits per heavy atom. The normalized spacial score (nSPS) is 12.8. The molecule has 1 N–H and O–H groups in total. The largest absolute Gasteiger partial charge is 0.289 e. The minimum absolute atomic E-state index is 0.817. The Labute approximate surface area is 167 Å². The number of benzene rings is 3. The summed E-state index contributed by atoms with van der Waals surface area (Å²) in [7, 11) is 0. The summed E-state index contributed by atoms with van der Waals surface area (Å²) in [4.78, 5) is 0. The fraction of sp³-hybridized carbons (Fsp3) is 0.0435. The second-order valence-corrected chi connectivity index (χ2v) is 7.55. The summed E-state index contributed by atoms with van der Waals surface area (Å²) in [6, 6.07) is 27.3. The maximum absolute atomic E-state index is 4.39. The Balaban J connectivity index is 1.44. The molecule has 5 heteroatoms. The Kier molecular flexibility index (Phi) is 4.22. The first-order valence-corrected chi connectivity index (χ1v) is 9.98. The zero-order valence-corrected chi connectivity index (χ0v) is 16.1. The second kappa shape index (κ2) is 7.02. The molecule has 4 aromatic rings. The molecule has 4 nitrogen and oxygen atoms in total. The van der Waals surface area contributed by atoms with Gasteiger partial charge in [-0.2, -0.15) is 0 Å². The van der Waals surface area contributed by atoms with Crippen LogP contribution < -0.4 is 5.43 Å². The molecular formula is C23H18N4S. The summed E-state index contributed by atoms with van der Waals surface area (Å²) < 4.78 is 1.96. The highest BCUT2D eigenvalue weighted by molar-refractivity contribution is 8.02. The maximum atomic E-state index is 4.39. The number of aromatic nitrogens is 3. The van der Waals surface area contributed by atoms with Gasteiger partial charge in [0.05, 0.1) is 5.70 Å². The van der Waals surface area contributed by atoms with Gasteiger partial charge in [-0.25, -0.2) is 4.68 Å². The zero-order chi connectivity index (χ0) is 18.9. The summed E-state index contributed by atoms with van der Waals surface area (Å²) in [6.45, 7) is 2.08. The summed E-state index contributed by atoms with van der Waals surface area (Å²) >= 11 is 1.58. The van der Waals surface area contributed by atoms with Crippen LogP contribution in [0.5, 0.6) is 0 Å². The van der Waals surface area contributed by atoms with Crippen molar-refractivity contribution in [2.24, 2.45) is 0 Å². The van der Waals surface area contributed by atoms with Gasteiger partial charge in [-0.05, 0) is 29.7 Å². The lowest BCUT2D eigenvalue weighted by molar-refractivity contribution is 0.826. The molecule has 0 saturated heterocycles. The Morgan fingerprint density at radius 1 is 0.750 bits per heavy atom. The van der Waals surface area contributed by atoms with E-state index in [4.69, 9.17) is 0 Å². The van der Waals surface area contributed by atoms with Crippen LogP contribution in [0.4, 0.5) is 0 Å². The molecule has 0 fully saturated rings. The predicted molar refractivity (Wildman–Crippen MR) is 115 cm³/mol. The topological polar surface area (TPSA) is 42.7 Å². The lowest BCUT2D eigenvalue weighted by Crippen LogP contribution is -2.18. The fourth-order valence-corrected chi connectivity index (χ4v) is 4.02. The fourth-order valence-electron chi connectivity index (χ4n) is 3.28. The molecule has 1 aliphatic heterocycles. The van der Waals surface area contributed by atoms with E-state index in [1.165, 1.54) is 16.7 Å². The highest BCUT2D eigenvalue weighted by Gasteiger charge is 2.19. The number of hydrogen-bond donors (Lipinski definition) is 1. The zero-order valence-electron chi connectivity index (χ0n) is 15.3. The first kappa shape index (κ1) is 16.8. The number of fused-ring (bicyclic) bond motifs is 1. The van der Waals surface area contributed by atoms with Crippen LogP contribution in [0.1, 0.15) is 11.1 Å². The van der Waals surface area contributed by atoms with Gasteiger partial charge in [0.25, 0.3) is 0 Å². The van der Waals surface area contributed by atoms with E-state index < -0.39 is 0 Å². The van der Waals surface area contributed by atoms with Crippen molar-refractivity contribution in [2.75, 3.05) is 5.43 Å². The number of rotatable bonds is 3. The van der Waals surface area contributed by atoms with Crippen LogP contribution >= 0.6 is 11.8 Å². The van der Waals surface area contributed by atoms with Crippen molar-refractivity contribution in [3.63, 3.8) is 0 Å². The molecule has 2 heterocycles. The van der Waals surface area contributed by atoms with E-state index in [0.717, 1.165) is 27.8 Å². The van der Waals surface area contributed by atoms with E-state index in [1.807, 2.05) is 16.8 Å². The average Bonchev–Trinajstić information content (AvgIpc) is 3.18. The lowest BCUT2D eigenvalue weighted by atomic mass is 10.0. The van der Waals surface area contributed by atoms with E-state index in [0.29, 0.717) is 0 Å². The van der Waals surface area contributed by atoms with Crippen molar-refractivity contribution >= 4 is 17.5 Å². The highest BCUT2D eigenvalue weighted by atomic mass is 32.2. The molecule has 1 aliphatic rings. The molecule has 1 aromatic heterocycles. The first-order valence-electron chi connectivity index (χ1n) is 9.10. The molecular weight excluding hydrogens is 364 g/mol. The van der Waals surface area contributed by atoms with Crippen LogP contribution in [0.15, 0.2) is 89.4 Å². The third kappa shape index (κ3) is 3.10. The van der Waals surface area contributed by atoms with Gasteiger partial charge in [0.2, 0.25) is 5.16 Å². The molecule has 3 aromatic carbocycles. The van der Waals surface area contributed by atoms with Crippen LogP contribution in [0.25, 0.3) is 28.2 Å². The third-order valence-electron chi connectivity index (χ3n) is 4.73. The van der Waals surface area contributed by atoms with Crippen molar-refractivity contribution in [1.29, 1.82) is 0 Å². The molecule has 0 unspecified atom stereocenters. The SMILES string of the molecule is Cc1cccc(-c2nnc3n2NC(c2ccc(-c4ccccc4)cc2)=CS3)c1. The average molecular weight is 382 g/mol. The second-order valence-electron chi connectivity index (χ2n) is 6.72. The predicted octanol–water partition coefficient (Wildman–Crippen LogP) is 5.57. The van der Waals surface area contributed by atoms with Crippen LogP contribution in [0.3, 0.4) is 0 Å². The summed E-state index contributed by atoms with van der Waals surface area (Å²) in [5.41, 5.74) is 10.3. The van der Waals surface area contributed by atoms with E-state index in [-0.39, 0.29) is 0 Å². The van der Waals surface area contributed by atoms with E-state index >= 15 is 0 Å². The van der Waals surface area contributed by atoms with Crippen LogP contribution in [0.2, 0.25) is 0 Å². The smallest absolute Gasteiger partial charge is 0.214 e. The summed E-state index contributed by atoms with van der Waals surface area (Å²) in [6.07, 6.45) is 0. The Hall–Kier alpha value is -3.31. The molecule has 0 spiro atoms. The van der Waals surface area contributed by atoms with Gasteiger partial charge in [-0.1, -0.05) is 90.1 Å². The monoisotopic (exact) mass is 382 g/mol. The van der Waals surface area contributed by atoms with E-state index in [2.05, 4.69) is 94.7 Å². The molecule has 5 rings (SSSR count). The number of nitrogens with one attached hydrogen (secondary N) is 1. The molecule has 0 atom stereocenters. The van der Waals surface area contributed by atoms with Crippen LogP contribution in [-0.2, 0) is 0 Å². The van der Waals surface area contributed by atoms with Gasteiger partial charge in [-0.3, -0.25) is 5.43 Å². The molecule has 0 aliphatic carbocycles. The standard InChI is InChI=1S/C23H18N4S/c1-16-6-5-9-20(14-16)22-24-25-23-27(22)26-21(15-28-23)19-12-10-18(11-13-19)17-7-3-2-4-8-17/h2-15,26H,1H3. The molecule has 0 saturated carbocycles. The number of nitrogens with zero attached hydrogens (tertiary/aromatic N) is 3. The summed E-state index contributed by atoms with van der Waals surface area (Å²) in [5, 5.41) is 11.6. The number of aryl methyl sites for hydroxylation is 1. The maximum Gasteiger partial charge on any atom is 0.214 e. The summed E-state index contributed by atoms with van der Waals surface area (Å²) in [5.74, 6) is 0.817. The van der Waals surface area contributed by atoms with Crippen molar-refractivity contribution in [3.8, 4) is 22.5 Å². The van der Waals surface area contributed by atoms with Crippen molar-refractivity contribution in [2.45, 2.75) is 12.1 Å². The van der Waals surface area contributed by atoms with Gasteiger partial charge in [0.1, 0.15) is 0 Å². The van der Waals surface area contributed by atoms with Crippen molar-refractivity contribution in [3.05, 3.63) is 95.4 Å². The quantitative estimate of drug-likeness (QED) is 0.503. The lowest BCUT2D eigenvalue weighted by Gasteiger charge is -2.19.